The molecule has 1 amide bonds. The lowest BCUT2D eigenvalue weighted by Crippen LogP contribution is -2.27. The number of rotatable bonds is 5. The number of thioether (sulfide) groups is 1. The van der Waals surface area contributed by atoms with Crippen molar-refractivity contribution in [2.24, 2.45) is 0 Å². The normalized spacial score (nSPS) is 11.0. The third kappa shape index (κ3) is 3.09. The molecule has 22 heavy (non-hydrogen) atoms. The molecule has 0 saturated heterocycles. The van der Waals surface area contributed by atoms with Crippen LogP contribution in [0.5, 0.6) is 0 Å². The molecule has 0 fully saturated rings. The van der Waals surface area contributed by atoms with Crippen LogP contribution in [0.3, 0.4) is 0 Å². The molecule has 114 valence electrons. The van der Waals surface area contributed by atoms with E-state index in [1.807, 2.05) is 24.6 Å². The molecule has 0 radical (unpaired) electrons. The summed E-state index contributed by atoms with van der Waals surface area (Å²) in [6, 6.07) is 1.81. The minimum absolute atomic E-state index is 0.00384. The first-order valence-corrected chi connectivity index (χ1v) is 8.56. The molecule has 3 aromatic rings. The molecule has 0 N–H and O–H groups in total. The fourth-order valence-corrected chi connectivity index (χ4v) is 3.65. The number of amides is 1. The van der Waals surface area contributed by atoms with Gasteiger partial charge in [-0.15, -0.1) is 16.4 Å². The molecule has 3 rings (SSSR count). The maximum absolute atomic E-state index is 11.5. The van der Waals surface area contributed by atoms with Crippen LogP contribution in [0.2, 0.25) is 0 Å². The average molecular weight is 334 g/mol. The van der Waals surface area contributed by atoms with Crippen LogP contribution in [-0.4, -0.2) is 37.0 Å². The summed E-state index contributed by atoms with van der Waals surface area (Å²) in [7, 11) is 0. The highest BCUT2D eigenvalue weighted by Crippen LogP contribution is 2.25. The summed E-state index contributed by atoms with van der Waals surface area (Å²) in [6.45, 7) is 4.10. The molecular weight excluding hydrogens is 320 g/mol. The Labute approximate surface area is 135 Å². The molecule has 0 atom stereocenters. The second kappa shape index (κ2) is 6.41. The summed E-state index contributed by atoms with van der Waals surface area (Å²) >= 11 is 2.97. The second-order valence-corrected chi connectivity index (χ2v) is 6.21. The van der Waals surface area contributed by atoms with Gasteiger partial charge in [0.1, 0.15) is 0 Å². The third-order valence-corrected chi connectivity index (χ3v) is 4.70. The molecule has 0 aliphatic heterocycles. The Hall–Kier alpha value is -2.00. The number of carbonyl (C=O) groups excluding carboxylic acids is 1. The molecule has 0 aliphatic rings. The number of hydrogen-bond donors (Lipinski definition) is 0. The van der Waals surface area contributed by atoms with Crippen molar-refractivity contribution in [3.8, 4) is 0 Å². The van der Waals surface area contributed by atoms with E-state index in [1.54, 1.807) is 22.5 Å². The van der Waals surface area contributed by atoms with Gasteiger partial charge in [0.2, 0.25) is 11.1 Å². The van der Waals surface area contributed by atoms with Gasteiger partial charge < -0.3 is 0 Å². The van der Waals surface area contributed by atoms with Gasteiger partial charge in [0.15, 0.2) is 5.13 Å². The molecule has 9 heteroatoms. The standard InChI is InChI=1S/C13H14N6OS2/c1-3-18(9(2)20)13-15-10(8-22-13)7-21-12-16-11-14-5-4-6-19(11)17-12/h4-6,8H,3,7H2,1-2H3. The monoisotopic (exact) mass is 334 g/mol. The summed E-state index contributed by atoms with van der Waals surface area (Å²) in [5.41, 5.74) is 0.913. The van der Waals surface area contributed by atoms with Crippen LogP contribution < -0.4 is 4.90 Å². The quantitative estimate of drug-likeness (QED) is 0.666. The number of aromatic nitrogens is 5. The Kier molecular flexibility index (Phi) is 4.34. The Balaban J connectivity index is 1.69. The zero-order valence-corrected chi connectivity index (χ0v) is 13.8. The first-order valence-electron chi connectivity index (χ1n) is 6.70. The van der Waals surface area contributed by atoms with Crippen molar-refractivity contribution in [3.05, 3.63) is 29.5 Å². The summed E-state index contributed by atoms with van der Waals surface area (Å²) in [5.74, 6) is 1.24. The molecule has 0 bridgehead atoms. The number of hydrogen-bond acceptors (Lipinski definition) is 7. The van der Waals surface area contributed by atoms with Crippen molar-refractivity contribution in [1.82, 2.24) is 24.6 Å². The average Bonchev–Trinajstić information content (AvgIpc) is 3.11. The molecule has 7 nitrogen and oxygen atoms in total. The van der Waals surface area contributed by atoms with Gasteiger partial charge in [0.25, 0.3) is 5.78 Å². The van der Waals surface area contributed by atoms with E-state index < -0.39 is 0 Å². The van der Waals surface area contributed by atoms with Crippen molar-refractivity contribution < 1.29 is 4.79 Å². The van der Waals surface area contributed by atoms with Gasteiger partial charge in [-0.2, -0.15) is 4.98 Å². The van der Waals surface area contributed by atoms with Crippen molar-refractivity contribution in [3.63, 3.8) is 0 Å². The van der Waals surface area contributed by atoms with Crippen molar-refractivity contribution in [1.29, 1.82) is 0 Å². The smallest absolute Gasteiger partial charge is 0.253 e. The van der Waals surface area contributed by atoms with Gasteiger partial charge in [0.05, 0.1) is 5.69 Å². The van der Waals surface area contributed by atoms with Gasteiger partial charge in [-0.05, 0) is 13.0 Å². The molecule has 0 saturated carbocycles. The van der Waals surface area contributed by atoms with E-state index in [0.29, 0.717) is 23.2 Å². The molecule has 0 spiro atoms. The Morgan fingerprint density at radius 1 is 1.45 bits per heavy atom. The maximum atomic E-state index is 11.5. The highest BCUT2D eigenvalue weighted by molar-refractivity contribution is 7.98. The summed E-state index contributed by atoms with van der Waals surface area (Å²) in [6.07, 6.45) is 3.50. The predicted molar refractivity (Wildman–Crippen MR) is 86.2 cm³/mol. The zero-order valence-electron chi connectivity index (χ0n) is 12.1. The summed E-state index contributed by atoms with van der Waals surface area (Å²) < 4.78 is 1.64. The van der Waals surface area contributed by atoms with Crippen molar-refractivity contribution in [2.45, 2.75) is 24.8 Å². The van der Waals surface area contributed by atoms with Gasteiger partial charge in [-0.25, -0.2) is 14.5 Å². The van der Waals surface area contributed by atoms with Crippen LogP contribution in [0, 0.1) is 0 Å². The first kappa shape index (κ1) is 14.9. The van der Waals surface area contributed by atoms with Crippen LogP contribution >= 0.6 is 23.1 Å². The van der Waals surface area contributed by atoms with E-state index in [-0.39, 0.29) is 5.91 Å². The molecule has 0 unspecified atom stereocenters. The SMILES string of the molecule is CCN(C(C)=O)c1nc(CSc2nc3ncccn3n2)cs1. The van der Waals surface area contributed by atoms with Gasteiger partial charge in [0, 0.05) is 37.0 Å². The predicted octanol–water partition coefficient (Wildman–Crippen LogP) is 2.25. The zero-order chi connectivity index (χ0) is 15.5. The molecule has 3 heterocycles. The van der Waals surface area contributed by atoms with E-state index in [9.17, 15) is 4.79 Å². The highest BCUT2D eigenvalue weighted by atomic mass is 32.2. The van der Waals surface area contributed by atoms with Crippen LogP contribution in [0.15, 0.2) is 29.0 Å². The Morgan fingerprint density at radius 2 is 2.32 bits per heavy atom. The number of thiazole rings is 1. The molecule has 3 aromatic heterocycles. The van der Waals surface area contributed by atoms with E-state index in [2.05, 4.69) is 20.1 Å². The minimum atomic E-state index is 0.00384. The van der Waals surface area contributed by atoms with E-state index in [1.165, 1.54) is 23.1 Å². The topological polar surface area (TPSA) is 76.3 Å². The fourth-order valence-electron chi connectivity index (χ4n) is 1.89. The van der Waals surface area contributed by atoms with Crippen molar-refractivity contribution >= 4 is 39.9 Å². The number of carbonyl (C=O) groups is 1. The van der Waals surface area contributed by atoms with Gasteiger partial charge in [-0.1, -0.05) is 11.8 Å². The highest BCUT2D eigenvalue weighted by Gasteiger charge is 2.14. The van der Waals surface area contributed by atoms with E-state index in [4.69, 9.17) is 0 Å². The Morgan fingerprint density at radius 3 is 3.05 bits per heavy atom. The number of anilines is 1. The fraction of sp³-hybridized carbons (Fsp3) is 0.308. The van der Waals surface area contributed by atoms with E-state index >= 15 is 0 Å². The first-order chi connectivity index (χ1) is 10.7. The minimum Gasteiger partial charge on any atom is -0.289 e. The maximum Gasteiger partial charge on any atom is 0.253 e. The summed E-state index contributed by atoms with van der Waals surface area (Å²) in [4.78, 5) is 26.1. The molecule has 0 aliphatic carbocycles. The second-order valence-electron chi connectivity index (χ2n) is 4.43. The van der Waals surface area contributed by atoms with Gasteiger partial charge in [-0.3, -0.25) is 9.69 Å². The van der Waals surface area contributed by atoms with E-state index in [0.717, 1.165) is 10.8 Å². The van der Waals surface area contributed by atoms with Crippen LogP contribution in [0.4, 0.5) is 5.13 Å². The molecule has 0 aromatic carbocycles. The third-order valence-electron chi connectivity index (χ3n) is 2.91. The number of fused-ring (bicyclic) bond motifs is 1. The lowest BCUT2D eigenvalue weighted by atomic mass is 10.5. The van der Waals surface area contributed by atoms with Crippen LogP contribution in [0.1, 0.15) is 19.5 Å². The van der Waals surface area contributed by atoms with Crippen molar-refractivity contribution in [2.75, 3.05) is 11.4 Å². The Bertz CT molecular complexity index is 766. The van der Waals surface area contributed by atoms with Crippen LogP contribution in [-0.2, 0) is 10.5 Å². The molecular formula is C13H14N6OS2. The largest absolute Gasteiger partial charge is 0.289 e. The lowest BCUT2D eigenvalue weighted by Gasteiger charge is -2.14. The lowest BCUT2D eigenvalue weighted by molar-refractivity contribution is -0.116. The number of nitrogens with zero attached hydrogens (tertiary/aromatic N) is 6. The summed E-state index contributed by atoms with van der Waals surface area (Å²) in [5, 5.41) is 7.68. The van der Waals surface area contributed by atoms with Crippen LogP contribution in [0.25, 0.3) is 5.78 Å². The van der Waals surface area contributed by atoms with Gasteiger partial charge >= 0.3 is 0 Å².